The minimum Gasteiger partial charge on any atom is -0.496 e. The van der Waals surface area contributed by atoms with Crippen LogP contribution in [-0.4, -0.2) is 47.3 Å². The first-order chi connectivity index (χ1) is 9.54. The highest BCUT2D eigenvalue weighted by molar-refractivity contribution is 7.91. The zero-order valence-corrected chi connectivity index (χ0v) is 13.1. The van der Waals surface area contributed by atoms with Gasteiger partial charge in [0, 0.05) is 18.7 Å². The van der Waals surface area contributed by atoms with Gasteiger partial charge >= 0.3 is 0 Å². The van der Waals surface area contributed by atoms with E-state index in [0.29, 0.717) is 12.3 Å². The second-order valence-electron chi connectivity index (χ2n) is 4.46. The molecule has 1 atom stereocenters. The van der Waals surface area contributed by atoms with Gasteiger partial charge in [0.05, 0.1) is 25.2 Å². The van der Waals surface area contributed by atoms with E-state index in [0.717, 1.165) is 5.56 Å². The summed E-state index contributed by atoms with van der Waals surface area (Å²) in [6.45, 7) is 2.85. The highest BCUT2D eigenvalue weighted by Crippen LogP contribution is 2.26. The zero-order valence-electron chi connectivity index (χ0n) is 12.3. The molecule has 0 bridgehead atoms. The predicted octanol–water partition coefficient (Wildman–Crippen LogP) is 1.41. The van der Waals surface area contributed by atoms with Crippen molar-refractivity contribution in [2.24, 2.45) is 0 Å². The van der Waals surface area contributed by atoms with Crippen LogP contribution in [0.15, 0.2) is 24.3 Å². The molecule has 1 unspecified atom stereocenters. The average Bonchev–Trinajstić information content (AvgIpc) is 2.44. The molecule has 1 N–H and O–H groups in total. The van der Waals surface area contributed by atoms with Crippen molar-refractivity contribution in [2.75, 3.05) is 38.9 Å². The molecule has 0 aliphatic heterocycles. The average molecular weight is 301 g/mol. The SMILES string of the molecule is CCNC(CS(=O)(=O)CCOC)c1ccccc1OC. The molecule has 0 spiro atoms. The van der Waals surface area contributed by atoms with Gasteiger partial charge in [-0.1, -0.05) is 25.1 Å². The van der Waals surface area contributed by atoms with E-state index in [1.807, 2.05) is 31.2 Å². The highest BCUT2D eigenvalue weighted by atomic mass is 32.2. The Morgan fingerprint density at radius 1 is 1.25 bits per heavy atom. The van der Waals surface area contributed by atoms with E-state index in [9.17, 15) is 8.42 Å². The van der Waals surface area contributed by atoms with Gasteiger partial charge in [-0.2, -0.15) is 0 Å². The van der Waals surface area contributed by atoms with Crippen LogP contribution in [0, 0.1) is 0 Å². The van der Waals surface area contributed by atoms with Gasteiger partial charge in [0.2, 0.25) is 0 Å². The Labute approximate surface area is 121 Å². The van der Waals surface area contributed by atoms with Crippen molar-refractivity contribution in [3.8, 4) is 5.75 Å². The molecule has 1 aromatic rings. The lowest BCUT2D eigenvalue weighted by Gasteiger charge is -2.20. The number of rotatable bonds is 9. The zero-order chi connectivity index (χ0) is 15.0. The van der Waals surface area contributed by atoms with Gasteiger partial charge in [-0.3, -0.25) is 0 Å². The van der Waals surface area contributed by atoms with Crippen LogP contribution >= 0.6 is 0 Å². The predicted molar refractivity (Wildman–Crippen MR) is 79.9 cm³/mol. The van der Waals surface area contributed by atoms with Crippen LogP contribution in [0.3, 0.4) is 0 Å². The van der Waals surface area contributed by atoms with Crippen molar-refractivity contribution in [1.82, 2.24) is 5.32 Å². The Bertz CT molecular complexity index is 502. The van der Waals surface area contributed by atoms with Crippen LogP contribution in [0.5, 0.6) is 5.75 Å². The molecule has 114 valence electrons. The van der Waals surface area contributed by atoms with Gasteiger partial charge in [0.25, 0.3) is 0 Å². The van der Waals surface area contributed by atoms with Gasteiger partial charge in [-0.05, 0) is 12.6 Å². The number of benzene rings is 1. The lowest BCUT2D eigenvalue weighted by atomic mass is 10.1. The number of sulfone groups is 1. The molecule has 20 heavy (non-hydrogen) atoms. The monoisotopic (exact) mass is 301 g/mol. The summed E-state index contributed by atoms with van der Waals surface area (Å²) in [6.07, 6.45) is 0. The number of para-hydroxylation sites is 1. The lowest BCUT2D eigenvalue weighted by Crippen LogP contribution is -2.30. The number of ether oxygens (including phenoxy) is 2. The van der Waals surface area contributed by atoms with Crippen LogP contribution in [0.4, 0.5) is 0 Å². The largest absolute Gasteiger partial charge is 0.496 e. The van der Waals surface area contributed by atoms with Crippen molar-refractivity contribution in [3.63, 3.8) is 0 Å². The molecular formula is C14H23NO4S. The van der Waals surface area contributed by atoms with Gasteiger partial charge in [0.15, 0.2) is 9.84 Å². The standard InChI is InChI=1S/C14H23NO4S/c1-4-15-13(11-20(16,17)10-9-18-2)12-7-5-6-8-14(12)19-3/h5-8,13,15H,4,9-11H2,1-3H3. The normalized spacial score (nSPS) is 13.2. The molecule has 0 aliphatic carbocycles. The van der Waals surface area contributed by atoms with Crippen molar-refractivity contribution in [3.05, 3.63) is 29.8 Å². The molecule has 0 aliphatic rings. The van der Waals surface area contributed by atoms with Crippen molar-refractivity contribution >= 4 is 9.84 Å². The van der Waals surface area contributed by atoms with Crippen molar-refractivity contribution < 1.29 is 17.9 Å². The molecular weight excluding hydrogens is 278 g/mol. The van der Waals surface area contributed by atoms with Crippen LogP contribution in [-0.2, 0) is 14.6 Å². The molecule has 1 rings (SSSR count). The van der Waals surface area contributed by atoms with Crippen LogP contribution in [0.2, 0.25) is 0 Å². The van der Waals surface area contributed by atoms with Gasteiger partial charge in [-0.15, -0.1) is 0 Å². The summed E-state index contributed by atoms with van der Waals surface area (Å²) in [6, 6.07) is 7.19. The van der Waals surface area contributed by atoms with Crippen LogP contribution in [0.1, 0.15) is 18.5 Å². The molecule has 0 radical (unpaired) electrons. The Hall–Kier alpha value is -1.11. The van der Waals surface area contributed by atoms with Gasteiger partial charge in [-0.25, -0.2) is 8.42 Å². The fourth-order valence-corrected chi connectivity index (χ4v) is 3.40. The number of hydrogen-bond donors (Lipinski definition) is 1. The van der Waals surface area contributed by atoms with E-state index >= 15 is 0 Å². The Morgan fingerprint density at radius 3 is 2.55 bits per heavy atom. The maximum Gasteiger partial charge on any atom is 0.154 e. The van der Waals surface area contributed by atoms with Gasteiger partial charge < -0.3 is 14.8 Å². The van der Waals surface area contributed by atoms with E-state index in [4.69, 9.17) is 9.47 Å². The summed E-state index contributed by atoms with van der Waals surface area (Å²) < 4.78 is 34.3. The quantitative estimate of drug-likeness (QED) is 0.747. The maximum absolute atomic E-state index is 12.1. The minimum absolute atomic E-state index is 0.0283. The van der Waals surface area contributed by atoms with E-state index in [1.165, 1.54) is 7.11 Å². The molecule has 6 heteroatoms. The molecule has 0 saturated heterocycles. The Morgan fingerprint density at radius 2 is 1.95 bits per heavy atom. The lowest BCUT2D eigenvalue weighted by molar-refractivity contribution is 0.217. The maximum atomic E-state index is 12.1. The number of methoxy groups -OCH3 is 2. The number of nitrogens with one attached hydrogen (secondary N) is 1. The summed E-state index contributed by atoms with van der Waals surface area (Å²) in [5.41, 5.74) is 0.859. The summed E-state index contributed by atoms with van der Waals surface area (Å²) >= 11 is 0. The van der Waals surface area contributed by atoms with Crippen LogP contribution in [0.25, 0.3) is 0 Å². The van der Waals surface area contributed by atoms with E-state index in [-0.39, 0.29) is 24.2 Å². The molecule has 0 saturated carbocycles. The summed E-state index contributed by atoms with van der Waals surface area (Å²) in [5.74, 6) is 0.755. The molecule has 0 fully saturated rings. The van der Waals surface area contributed by atoms with Crippen LogP contribution < -0.4 is 10.1 Å². The highest BCUT2D eigenvalue weighted by Gasteiger charge is 2.22. The van der Waals surface area contributed by atoms with E-state index < -0.39 is 9.84 Å². The second-order valence-corrected chi connectivity index (χ2v) is 6.69. The first kappa shape index (κ1) is 16.9. The first-order valence-electron chi connectivity index (χ1n) is 6.59. The van der Waals surface area contributed by atoms with E-state index in [1.54, 1.807) is 7.11 Å². The third kappa shape index (κ3) is 5.11. The minimum atomic E-state index is -3.18. The molecule has 0 aromatic heterocycles. The topological polar surface area (TPSA) is 64.6 Å². The second kappa shape index (κ2) is 8.24. The Balaban J connectivity index is 2.94. The van der Waals surface area contributed by atoms with Gasteiger partial charge in [0.1, 0.15) is 5.75 Å². The molecule has 0 amide bonds. The smallest absolute Gasteiger partial charge is 0.154 e. The third-order valence-corrected chi connectivity index (χ3v) is 4.61. The third-order valence-electron chi connectivity index (χ3n) is 2.98. The molecule has 1 aromatic carbocycles. The Kier molecular flexibility index (Phi) is 6.98. The van der Waals surface area contributed by atoms with Crippen molar-refractivity contribution in [2.45, 2.75) is 13.0 Å². The van der Waals surface area contributed by atoms with E-state index in [2.05, 4.69) is 5.32 Å². The first-order valence-corrected chi connectivity index (χ1v) is 8.41. The fourth-order valence-electron chi connectivity index (χ4n) is 2.01. The summed E-state index contributed by atoms with van der Waals surface area (Å²) in [4.78, 5) is 0. The van der Waals surface area contributed by atoms with Crippen molar-refractivity contribution in [1.29, 1.82) is 0 Å². The summed E-state index contributed by atoms with van der Waals surface area (Å²) in [5, 5.41) is 3.21. The number of hydrogen-bond acceptors (Lipinski definition) is 5. The molecule has 5 nitrogen and oxygen atoms in total. The molecule has 0 heterocycles. The fraction of sp³-hybridized carbons (Fsp3) is 0.571. The summed E-state index contributed by atoms with van der Waals surface area (Å²) in [7, 11) is -0.0992.